The van der Waals surface area contributed by atoms with Crippen molar-refractivity contribution in [1.82, 2.24) is 0 Å². The quantitative estimate of drug-likeness (QED) is 0.416. The standard InChI is InChI=1S/C26H38O2Si/c1-19(22-15-16-23-24(27)12-9-17-26(22,23)4)13-14-20-10-8-11-21(18-20)25(2,3)28-29(5,6)7/h8,10-11,18-19,22-23H,9,12,15-17H2,1-7H3/t19-,22+,23-,26+/m0/s1. The van der Waals surface area contributed by atoms with Gasteiger partial charge in [-0.25, -0.2) is 0 Å². The fourth-order valence-corrected chi connectivity index (χ4v) is 7.53. The van der Waals surface area contributed by atoms with Crippen molar-refractivity contribution in [2.24, 2.45) is 23.2 Å². The predicted octanol–water partition coefficient (Wildman–Crippen LogP) is 6.55. The van der Waals surface area contributed by atoms with E-state index in [0.717, 1.165) is 31.2 Å². The van der Waals surface area contributed by atoms with Gasteiger partial charge in [-0.2, -0.15) is 0 Å². The molecule has 0 amide bonds. The summed E-state index contributed by atoms with van der Waals surface area (Å²) in [5, 5.41) is 0. The molecular weight excluding hydrogens is 372 g/mol. The first-order chi connectivity index (χ1) is 13.4. The molecule has 2 saturated carbocycles. The summed E-state index contributed by atoms with van der Waals surface area (Å²) in [6.45, 7) is 15.6. The number of ketones is 1. The summed E-state index contributed by atoms with van der Waals surface area (Å²) in [4.78, 5) is 12.4. The molecule has 0 spiro atoms. The molecule has 0 N–H and O–H groups in total. The first-order valence-corrected chi connectivity index (χ1v) is 14.7. The van der Waals surface area contributed by atoms with Crippen molar-refractivity contribution >= 4 is 14.1 Å². The molecule has 0 aromatic heterocycles. The highest BCUT2D eigenvalue weighted by molar-refractivity contribution is 6.69. The molecule has 2 nitrogen and oxygen atoms in total. The van der Waals surface area contributed by atoms with Crippen molar-refractivity contribution < 1.29 is 9.22 Å². The van der Waals surface area contributed by atoms with E-state index in [1.807, 2.05) is 0 Å². The fourth-order valence-electron chi connectivity index (χ4n) is 5.88. The minimum Gasteiger partial charge on any atom is -0.409 e. The van der Waals surface area contributed by atoms with E-state index >= 15 is 0 Å². The van der Waals surface area contributed by atoms with Crippen LogP contribution in [0.5, 0.6) is 0 Å². The van der Waals surface area contributed by atoms with Crippen LogP contribution in [0.1, 0.15) is 70.9 Å². The van der Waals surface area contributed by atoms with Gasteiger partial charge in [-0.15, -0.1) is 0 Å². The van der Waals surface area contributed by atoms with E-state index in [9.17, 15) is 4.79 Å². The van der Waals surface area contributed by atoms with Crippen LogP contribution in [0.15, 0.2) is 24.3 Å². The lowest BCUT2D eigenvalue weighted by molar-refractivity contribution is -0.129. The van der Waals surface area contributed by atoms with Crippen molar-refractivity contribution in [2.45, 2.75) is 85.0 Å². The van der Waals surface area contributed by atoms with Crippen LogP contribution >= 0.6 is 0 Å². The molecule has 0 unspecified atom stereocenters. The Balaban J connectivity index is 1.77. The molecule has 3 rings (SSSR count). The molecule has 3 heteroatoms. The van der Waals surface area contributed by atoms with Gasteiger partial charge in [0, 0.05) is 23.8 Å². The second-order valence-electron chi connectivity index (χ2n) is 10.9. The summed E-state index contributed by atoms with van der Waals surface area (Å²) < 4.78 is 6.41. The summed E-state index contributed by atoms with van der Waals surface area (Å²) in [7, 11) is -1.64. The molecule has 158 valence electrons. The van der Waals surface area contributed by atoms with Crippen molar-refractivity contribution in [3.8, 4) is 11.8 Å². The lowest BCUT2D eigenvalue weighted by Gasteiger charge is -2.41. The maximum atomic E-state index is 12.4. The maximum Gasteiger partial charge on any atom is 0.184 e. The lowest BCUT2D eigenvalue weighted by Crippen LogP contribution is -2.39. The van der Waals surface area contributed by atoms with E-state index in [0.29, 0.717) is 17.6 Å². The molecule has 0 saturated heterocycles. The smallest absolute Gasteiger partial charge is 0.184 e. The Morgan fingerprint density at radius 1 is 1.24 bits per heavy atom. The Bertz CT molecular complexity index is 823. The first kappa shape index (κ1) is 22.3. The Kier molecular flexibility index (Phi) is 6.19. The van der Waals surface area contributed by atoms with E-state index in [1.165, 1.54) is 12.0 Å². The molecule has 2 aliphatic carbocycles. The zero-order chi connectivity index (χ0) is 21.4. The summed E-state index contributed by atoms with van der Waals surface area (Å²) in [5.74, 6) is 8.60. The van der Waals surface area contributed by atoms with Gasteiger partial charge in [0.2, 0.25) is 0 Å². The number of rotatable bonds is 4. The molecule has 2 aliphatic rings. The number of hydrogen-bond acceptors (Lipinski definition) is 2. The summed E-state index contributed by atoms with van der Waals surface area (Å²) in [6, 6.07) is 8.51. The van der Waals surface area contributed by atoms with Crippen LogP contribution in [0.25, 0.3) is 0 Å². The number of hydrogen-bond donors (Lipinski definition) is 0. The van der Waals surface area contributed by atoms with Crippen molar-refractivity contribution in [1.29, 1.82) is 0 Å². The average Bonchev–Trinajstić information content (AvgIpc) is 2.96. The van der Waals surface area contributed by atoms with Gasteiger partial charge in [0.25, 0.3) is 0 Å². The second-order valence-corrected chi connectivity index (χ2v) is 15.4. The number of benzene rings is 1. The van der Waals surface area contributed by atoms with Crippen LogP contribution in [0, 0.1) is 35.0 Å². The summed E-state index contributed by atoms with van der Waals surface area (Å²) >= 11 is 0. The van der Waals surface area contributed by atoms with Crippen LogP contribution in [-0.2, 0) is 14.8 Å². The van der Waals surface area contributed by atoms with E-state index < -0.39 is 8.32 Å². The van der Waals surface area contributed by atoms with Gasteiger partial charge in [0.05, 0.1) is 5.60 Å². The second kappa shape index (κ2) is 8.04. The van der Waals surface area contributed by atoms with Gasteiger partial charge in [-0.05, 0) is 88.2 Å². The van der Waals surface area contributed by atoms with Gasteiger partial charge in [0.1, 0.15) is 5.78 Å². The number of fused-ring (bicyclic) bond motifs is 1. The Labute approximate surface area is 178 Å². The highest BCUT2D eigenvalue weighted by Gasteiger charge is 2.52. The van der Waals surface area contributed by atoms with E-state index in [1.54, 1.807) is 0 Å². The number of carbonyl (C=O) groups excluding carboxylic acids is 1. The topological polar surface area (TPSA) is 26.3 Å². The third-order valence-electron chi connectivity index (χ3n) is 7.10. The van der Waals surface area contributed by atoms with Gasteiger partial charge in [0.15, 0.2) is 8.32 Å². The molecule has 1 aromatic rings. The van der Waals surface area contributed by atoms with Gasteiger partial charge in [-0.1, -0.05) is 37.8 Å². The van der Waals surface area contributed by atoms with Crippen LogP contribution in [0.3, 0.4) is 0 Å². The van der Waals surface area contributed by atoms with Gasteiger partial charge in [-0.3, -0.25) is 4.79 Å². The average molecular weight is 411 g/mol. The van der Waals surface area contributed by atoms with Gasteiger partial charge >= 0.3 is 0 Å². The molecule has 29 heavy (non-hydrogen) atoms. The monoisotopic (exact) mass is 410 g/mol. The SMILES string of the molecule is C[C@@H](C#Cc1cccc(C(C)(C)O[Si](C)(C)C)c1)[C@H]1CC[C@H]2C(=O)CCC[C@]12C. The Morgan fingerprint density at radius 2 is 1.97 bits per heavy atom. The molecule has 0 heterocycles. The number of Topliss-reactive ketones (excluding diaryl/α,β-unsaturated/α-hetero) is 1. The van der Waals surface area contributed by atoms with E-state index in [4.69, 9.17) is 4.43 Å². The highest BCUT2D eigenvalue weighted by Crippen LogP contribution is 2.56. The highest BCUT2D eigenvalue weighted by atomic mass is 28.4. The molecule has 0 bridgehead atoms. The van der Waals surface area contributed by atoms with Crippen molar-refractivity contribution in [3.63, 3.8) is 0 Å². The number of carbonyl (C=O) groups is 1. The van der Waals surface area contributed by atoms with E-state index in [-0.39, 0.29) is 16.9 Å². The van der Waals surface area contributed by atoms with Crippen LogP contribution in [0.4, 0.5) is 0 Å². The van der Waals surface area contributed by atoms with Crippen LogP contribution in [0.2, 0.25) is 19.6 Å². The minimum atomic E-state index is -1.64. The molecular formula is C26H38O2Si. The molecule has 0 aliphatic heterocycles. The van der Waals surface area contributed by atoms with E-state index in [2.05, 4.69) is 83.4 Å². The summed E-state index contributed by atoms with van der Waals surface area (Å²) in [6.07, 6.45) is 5.22. The zero-order valence-electron chi connectivity index (χ0n) is 19.4. The minimum absolute atomic E-state index is 0.151. The normalized spacial score (nSPS) is 28.4. The summed E-state index contributed by atoms with van der Waals surface area (Å²) in [5.41, 5.74) is 2.09. The maximum absolute atomic E-state index is 12.4. The predicted molar refractivity (Wildman–Crippen MR) is 123 cm³/mol. The Morgan fingerprint density at radius 3 is 2.66 bits per heavy atom. The largest absolute Gasteiger partial charge is 0.409 e. The molecule has 4 atom stereocenters. The van der Waals surface area contributed by atoms with Crippen molar-refractivity contribution in [2.75, 3.05) is 0 Å². The third-order valence-corrected chi connectivity index (χ3v) is 8.23. The first-order valence-electron chi connectivity index (χ1n) is 11.3. The Hall–Kier alpha value is -1.37. The third kappa shape index (κ3) is 4.86. The molecule has 0 radical (unpaired) electrons. The van der Waals surface area contributed by atoms with Crippen LogP contribution in [-0.4, -0.2) is 14.1 Å². The zero-order valence-corrected chi connectivity index (χ0v) is 20.4. The lowest BCUT2D eigenvalue weighted by atomic mass is 9.62. The molecule has 2 fully saturated rings. The molecule has 1 aromatic carbocycles. The van der Waals surface area contributed by atoms with Crippen LogP contribution < -0.4 is 0 Å². The van der Waals surface area contributed by atoms with Gasteiger partial charge < -0.3 is 4.43 Å². The van der Waals surface area contributed by atoms with Crippen molar-refractivity contribution in [3.05, 3.63) is 35.4 Å². The fraction of sp³-hybridized carbons (Fsp3) is 0.654.